The molecule has 0 bridgehead atoms. The summed E-state index contributed by atoms with van der Waals surface area (Å²) in [6.45, 7) is 4.11. The van der Waals surface area contributed by atoms with Crippen LogP contribution in [0.25, 0.3) is 11.4 Å². The largest absolute Gasteiger partial charge is 0.350 e. The summed E-state index contributed by atoms with van der Waals surface area (Å²) in [5, 5.41) is 0. The van der Waals surface area contributed by atoms with Crippen LogP contribution in [0.4, 0.5) is 0 Å². The lowest BCUT2D eigenvalue weighted by atomic mass is 10.1. The Labute approximate surface area is 127 Å². The molecule has 106 valence electrons. The summed E-state index contributed by atoms with van der Waals surface area (Å²) in [6.07, 6.45) is 1.24. The molecule has 0 spiro atoms. The Bertz CT molecular complexity index is 590. The first-order chi connectivity index (χ1) is 9.56. The number of ether oxygens (including phenoxy) is 2. The first-order valence-corrected chi connectivity index (χ1v) is 7.01. The lowest BCUT2D eigenvalue weighted by molar-refractivity contribution is -0.108. The number of benzene rings is 1. The average molecular weight is 337 g/mol. The van der Waals surface area contributed by atoms with E-state index in [0.29, 0.717) is 11.5 Å². The maximum absolute atomic E-state index is 5.22. The van der Waals surface area contributed by atoms with Gasteiger partial charge in [-0.2, -0.15) is 0 Å². The molecule has 0 aliphatic heterocycles. The van der Waals surface area contributed by atoms with Crippen LogP contribution >= 0.6 is 15.9 Å². The molecule has 0 atom stereocenters. The number of hydrogen-bond donors (Lipinski definition) is 0. The van der Waals surface area contributed by atoms with E-state index < -0.39 is 6.29 Å². The summed E-state index contributed by atoms with van der Waals surface area (Å²) < 4.78 is 11.6. The highest BCUT2D eigenvalue weighted by Crippen LogP contribution is 2.27. The van der Waals surface area contributed by atoms with Gasteiger partial charge in [0.25, 0.3) is 0 Å². The smallest absolute Gasteiger partial charge is 0.200 e. The molecule has 0 unspecified atom stereocenters. The summed E-state index contributed by atoms with van der Waals surface area (Å²) in [4.78, 5) is 8.86. The second-order valence-electron chi connectivity index (χ2n) is 4.53. The van der Waals surface area contributed by atoms with Crippen molar-refractivity contribution in [2.24, 2.45) is 0 Å². The Morgan fingerprint density at radius 2 is 1.70 bits per heavy atom. The number of aryl methyl sites for hydroxylation is 2. The van der Waals surface area contributed by atoms with Crippen molar-refractivity contribution >= 4 is 15.9 Å². The molecule has 0 radical (unpaired) electrons. The predicted octanol–water partition coefficient (Wildman–Crippen LogP) is 3.81. The van der Waals surface area contributed by atoms with Gasteiger partial charge in [0, 0.05) is 30.5 Å². The third kappa shape index (κ3) is 3.06. The van der Waals surface area contributed by atoms with Gasteiger partial charge in [-0.3, -0.25) is 0 Å². The monoisotopic (exact) mass is 336 g/mol. The third-order valence-electron chi connectivity index (χ3n) is 3.04. The van der Waals surface area contributed by atoms with Crippen molar-refractivity contribution in [1.82, 2.24) is 9.97 Å². The minimum absolute atomic E-state index is 0.477. The molecule has 0 aliphatic rings. The fraction of sp³-hybridized carbons (Fsp3) is 0.333. The Kier molecular flexibility index (Phi) is 4.86. The number of methoxy groups -OCH3 is 2. The van der Waals surface area contributed by atoms with E-state index in [2.05, 4.69) is 51.9 Å². The van der Waals surface area contributed by atoms with Gasteiger partial charge in [-0.25, -0.2) is 9.97 Å². The van der Waals surface area contributed by atoms with Gasteiger partial charge in [-0.1, -0.05) is 15.9 Å². The van der Waals surface area contributed by atoms with Crippen molar-refractivity contribution in [3.8, 4) is 11.4 Å². The lowest BCUT2D eigenvalue weighted by Gasteiger charge is -2.13. The summed E-state index contributed by atoms with van der Waals surface area (Å²) in [5.41, 5.74) is 4.00. The van der Waals surface area contributed by atoms with E-state index in [1.165, 1.54) is 0 Å². The van der Waals surface area contributed by atoms with Gasteiger partial charge in [0.15, 0.2) is 5.82 Å². The first-order valence-electron chi connectivity index (χ1n) is 6.22. The van der Waals surface area contributed by atoms with Gasteiger partial charge in [0.05, 0.1) is 0 Å². The van der Waals surface area contributed by atoms with Crippen LogP contribution in [-0.4, -0.2) is 24.2 Å². The van der Waals surface area contributed by atoms with Gasteiger partial charge in [-0.15, -0.1) is 0 Å². The second kappa shape index (κ2) is 6.43. The normalized spacial score (nSPS) is 11.1. The summed E-state index contributed by atoms with van der Waals surface area (Å²) >= 11 is 3.57. The molecule has 20 heavy (non-hydrogen) atoms. The molecular weight excluding hydrogens is 320 g/mol. The molecule has 1 aromatic carbocycles. The fourth-order valence-corrected chi connectivity index (χ4v) is 2.28. The van der Waals surface area contributed by atoms with Crippen molar-refractivity contribution in [2.45, 2.75) is 20.1 Å². The van der Waals surface area contributed by atoms with E-state index in [1.54, 1.807) is 26.5 Å². The van der Waals surface area contributed by atoms with E-state index in [4.69, 9.17) is 9.47 Å². The maximum atomic E-state index is 5.22. The number of rotatable bonds is 4. The molecule has 2 aromatic rings. The van der Waals surface area contributed by atoms with Crippen molar-refractivity contribution in [3.05, 3.63) is 45.7 Å². The predicted molar refractivity (Wildman–Crippen MR) is 81.4 cm³/mol. The van der Waals surface area contributed by atoms with Crippen LogP contribution in [0.15, 0.2) is 28.9 Å². The lowest BCUT2D eigenvalue weighted by Crippen LogP contribution is -2.07. The zero-order chi connectivity index (χ0) is 14.7. The van der Waals surface area contributed by atoms with Crippen molar-refractivity contribution in [1.29, 1.82) is 0 Å². The zero-order valence-corrected chi connectivity index (χ0v) is 13.6. The van der Waals surface area contributed by atoms with E-state index in [1.807, 2.05) is 0 Å². The Morgan fingerprint density at radius 3 is 2.25 bits per heavy atom. The van der Waals surface area contributed by atoms with Crippen molar-refractivity contribution < 1.29 is 9.47 Å². The van der Waals surface area contributed by atoms with Gasteiger partial charge in [0.2, 0.25) is 6.29 Å². The van der Waals surface area contributed by atoms with E-state index in [0.717, 1.165) is 21.2 Å². The van der Waals surface area contributed by atoms with Crippen molar-refractivity contribution in [3.63, 3.8) is 0 Å². The maximum Gasteiger partial charge on any atom is 0.200 e. The van der Waals surface area contributed by atoms with Gasteiger partial charge >= 0.3 is 0 Å². The van der Waals surface area contributed by atoms with Gasteiger partial charge < -0.3 is 9.47 Å². The fourth-order valence-electron chi connectivity index (χ4n) is 2.06. The van der Waals surface area contributed by atoms with Crippen LogP contribution < -0.4 is 0 Å². The zero-order valence-electron chi connectivity index (χ0n) is 12.0. The molecule has 0 N–H and O–H groups in total. The Balaban J connectivity index is 2.46. The highest BCUT2D eigenvalue weighted by atomic mass is 79.9. The molecule has 0 fully saturated rings. The van der Waals surface area contributed by atoms with Crippen molar-refractivity contribution in [2.75, 3.05) is 14.2 Å². The Morgan fingerprint density at radius 1 is 1.10 bits per heavy atom. The molecule has 0 saturated carbocycles. The molecule has 5 heteroatoms. The molecular formula is C15H17BrN2O2. The van der Waals surface area contributed by atoms with Crippen LogP contribution in [0, 0.1) is 13.8 Å². The minimum atomic E-state index is -0.477. The minimum Gasteiger partial charge on any atom is -0.350 e. The molecule has 1 heterocycles. The van der Waals surface area contributed by atoms with Gasteiger partial charge in [-0.05, 0) is 43.2 Å². The van der Waals surface area contributed by atoms with E-state index in [-0.39, 0.29) is 0 Å². The number of nitrogens with zero attached hydrogens (tertiary/aromatic N) is 2. The third-order valence-corrected chi connectivity index (χ3v) is 4.29. The standard InChI is InChI=1S/C15H17BrN2O2/c1-9-7-11(8-10(2)13(9)16)14-17-6-5-12(18-14)15(19-3)20-4/h5-8,15H,1-4H3. The quantitative estimate of drug-likeness (QED) is 0.796. The number of hydrogen-bond acceptors (Lipinski definition) is 4. The SMILES string of the molecule is COC(OC)c1ccnc(-c2cc(C)c(Br)c(C)c2)n1. The first kappa shape index (κ1) is 15.1. The van der Waals surface area contributed by atoms with Crippen LogP contribution in [0.1, 0.15) is 23.1 Å². The highest BCUT2D eigenvalue weighted by Gasteiger charge is 2.13. The molecule has 4 nitrogen and oxygen atoms in total. The molecule has 1 aromatic heterocycles. The summed E-state index contributed by atoms with van der Waals surface area (Å²) in [6, 6.07) is 5.91. The van der Waals surface area contributed by atoms with Gasteiger partial charge in [0.1, 0.15) is 5.69 Å². The number of aromatic nitrogens is 2. The molecule has 0 aliphatic carbocycles. The number of halogens is 1. The van der Waals surface area contributed by atoms with Crippen LogP contribution in [0.3, 0.4) is 0 Å². The van der Waals surface area contributed by atoms with E-state index in [9.17, 15) is 0 Å². The summed E-state index contributed by atoms with van der Waals surface area (Å²) in [7, 11) is 3.17. The molecule has 0 amide bonds. The van der Waals surface area contributed by atoms with Crippen LogP contribution in [0.2, 0.25) is 0 Å². The molecule has 0 saturated heterocycles. The summed E-state index contributed by atoms with van der Waals surface area (Å²) in [5.74, 6) is 0.667. The van der Waals surface area contributed by atoms with Crippen LogP contribution in [-0.2, 0) is 9.47 Å². The topological polar surface area (TPSA) is 44.2 Å². The van der Waals surface area contributed by atoms with Crippen LogP contribution in [0.5, 0.6) is 0 Å². The van der Waals surface area contributed by atoms with E-state index >= 15 is 0 Å². The molecule has 2 rings (SSSR count). The highest BCUT2D eigenvalue weighted by molar-refractivity contribution is 9.10. The average Bonchev–Trinajstić information content (AvgIpc) is 2.46. The second-order valence-corrected chi connectivity index (χ2v) is 5.33. The Hall–Kier alpha value is -1.30.